The van der Waals surface area contributed by atoms with E-state index in [2.05, 4.69) is 64.5 Å². The minimum absolute atomic E-state index is 0.0967. The zero-order valence-corrected chi connectivity index (χ0v) is 21.9. The van der Waals surface area contributed by atoms with Gasteiger partial charge in [-0.15, -0.1) is 10.2 Å². The van der Waals surface area contributed by atoms with Crippen LogP contribution in [0.15, 0.2) is 83.5 Å². The maximum atomic E-state index is 13.8. The number of nitrogens with zero attached hydrogens (tertiary/aromatic N) is 1. The van der Waals surface area contributed by atoms with Gasteiger partial charge in [-0.05, 0) is 30.2 Å². The van der Waals surface area contributed by atoms with Gasteiger partial charge in [0.1, 0.15) is 12.0 Å². The van der Waals surface area contributed by atoms with Gasteiger partial charge in [0.2, 0.25) is 0 Å². The summed E-state index contributed by atoms with van der Waals surface area (Å²) in [4.78, 5) is 4.67. The van der Waals surface area contributed by atoms with Crippen LogP contribution in [0.5, 0.6) is 0 Å². The molecule has 0 fully saturated rings. The molecule has 4 rings (SSSR count). The molecule has 0 saturated carbocycles. The predicted octanol–water partition coefficient (Wildman–Crippen LogP) is 5.51. The van der Waals surface area contributed by atoms with Gasteiger partial charge in [0.05, 0.1) is 5.56 Å². The van der Waals surface area contributed by atoms with E-state index in [0.29, 0.717) is 11.5 Å². The lowest BCUT2D eigenvalue weighted by molar-refractivity contribution is -0.138. The standard InChI is InChI=1S/C24H22F3N4.C3H7.CH3.Al/c1-16(17-7-3-2-4-8-17)29-22-15-21(18-11-13-28-14-12-18)30-23(31-22)19-9-5-6-10-20(19)24(25,26)27;1-3-2;;/h2-7,9-11,15,23,28,30H,1,12-14H2,(H,29,31);1,3H2,2H3;1H3;. The second-order valence-corrected chi connectivity index (χ2v) is 12.3. The highest BCUT2D eigenvalue weighted by Crippen LogP contribution is 2.36. The van der Waals surface area contributed by atoms with E-state index in [9.17, 15) is 13.2 Å². The highest BCUT2D eigenvalue weighted by atomic mass is 27.2. The van der Waals surface area contributed by atoms with Crippen LogP contribution in [0.3, 0.4) is 0 Å². The van der Waals surface area contributed by atoms with Crippen LogP contribution in [0.25, 0.3) is 5.70 Å². The quantitative estimate of drug-likeness (QED) is 0.432. The Hall–Kier alpha value is -2.79. The molecule has 188 valence electrons. The summed E-state index contributed by atoms with van der Waals surface area (Å²) in [7, 11) is 0. The molecular formula is C28H32AlF3N4. The summed E-state index contributed by atoms with van der Waals surface area (Å²) in [5, 5.41) is 11.1. The van der Waals surface area contributed by atoms with Crippen molar-refractivity contribution >= 4 is 30.1 Å². The Balaban J connectivity index is 1.70. The van der Waals surface area contributed by atoms with Crippen molar-refractivity contribution in [2.45, 2.75) is 43.2 Å². The third-order valence-electron chi connectivity index (χ3n) is 6.63. The minimum Gasteiger partial charge on any atom is -0.360 e. The van der Waals surface area contributed by atoms with Crippen molar-refractivity contribution in [2.24, 2.45) is 4.99 Å². The normalized spacial score (nSPS) is 17.9. The van der Waals surface area contributed by atoms with Gasteiger partial charge in [0.25, 0.3) is 0 Å². The van der Waals surface area contributed by atoms with Gasteiger partial charge < -0.3 is 16.0 Å². The summed E-state index contributed by atoms with van der Waals surface area (Å²) in [5.74, 6) is 2.83. The Morgan fingerprint density at radius 2 is 1.92 bits per heavy atom. The second kappa shape index (κ2) is 11.5. The number of hydrogen-bond acceptors (Lipinski definition) is 4. The molecule has 0 bridgehead atoms. The number of amidine groups is 1. The molecule has 0 amide bonds. The van der Waals surface area contributed by atoms with Crippen molar-refractivity contribution in [2.75, 3.05) is 13.1 Å². The van der Waals surface area contributed by atoms with Crippen LogP contribution in [0.2, 0.25) is 11.1 Å². The number of aliphatic imine (C=N–C) groups is 1. The third-order valence-corrected chi connectivity index (χ3v) is 9.64. The van der Waals surface area contributed by atoms with Crippen LogP contribution < -0.4 is 20.4 Å². The van der Waals surface area contributed by atoms with Gasteiger partial charge in [-0.2, -0.15) is 13.2 Å². The summed E-state index contributed by atoms with van der Waals surface area (Å²) in [5.41, 5.74) is 3.02. The Morgan fingerprint density at radius 3 is 2.64 bits per heavy atom. The molecule has 2 aromatic carbocycles. The van der Waals surface area contributed by atoms with Crippen molar-refractivity contribution in [3.8, 4) is 0 Å². The fourth-order valence-corrected chi connectivity index (χ4v) is 7.23. The van der Waals surface area contributed by atoms with Crippen molar-refractivity contribution in [1.29, 1.82) is 0 Å². The summed E-state index contributed by atoms with van der Waals surface area (Å²) in [6.45, 7) is 8.02. The fraction of sp³-hybridized carbons (Fsp3) is 0.321. The minimum atomic E-state index is -4.47. The van der Waals surface area contributed by atoms with E-state index in [1.54, 1.807) is 6.07 Å². The first-order chi connectivity index (χ1) is 17.3. The van der Waals surface area contributed by atoms with Gasteiger partial charge >= 0.3 is 20.3 Å². The lowest BCUT2D eigenvalue weighted by Crippen LogP contribution is -2.36. The lowest BCUT2D eigenvalue weighted by atomic mass is 10.00. The number of nitrogens with one attached hydrogen (secondary N) is 3. The molecule has 36 heavy (non-hydrogen) atoms. The number of hydrogen-bond donors (Lipinski definition) is 3. The summed E-state index contributed by atoms with van der Waals surface area (Å²) < 4.78 is 42.8. The SMILES string of the molecule is C=C(NC1=NC(c2ccccc2C(F)(F)F)NC(C2=CCNCC2)=C1)c1cccc[c]1[Al]([CH3])[CH2]CC. The Kier molecular flexibility index (Phi) is 8.40. The Labute approximate surface area is 215 Å². The van der Waals surface area contributed by atoms with Crippen LogP contribution in [-0.2, 0) is 6.18 Å². The first-order valence-electron chi connectivity index (χ1n) is 12.5. The molecule has 2 aliphatic rings. The van der Waals surface area contributed by atoms with E-state index in [-0.39, 0.29) is 5.56 Å². The van der Waals surface area contributed by atoms with Crippen LogP contribution in [0.1, 0.15) is 42.6 Å². The maximum absolute atomic E-state index is 13.8. The van der Waals surface area contributed by atoms with E-state index < -0.39 is 32.1 Å². The molecule has 0 spiro atoms. The van der Waals surface area contributed by atoms with Crippen molar-refractivity contribution in [3.05, 3.63) is 95.2 Å². The van der Waals surface area contributed by atoms with Crippen LogP contribution >= 0.6 is 0 Å². The fourth-order valence-electron chi connectivity index (χ4n) is 4.81. The zero-order valence-electron chi connectivity index (χ0n) is 20.8. The van der Waals surface area contributed by atoms with Crippen molar-refractivity contribution in [1.82, 2.24) is 16.0 Å². The average molecular weight is 509 g/mol. The van der Waals surface area contributed by atoms with Crippen LogP contribution in [-0.4, -0.2) is 33.1 Å². The van der Waals surface area contributed by atoms with Gasteiger partial charge in [0.15, 0.2) is 0 Å². The average Bonchev–Trinajstić information content (AvgIpc) is 2.88. The smallest absolute Gasteiger partial charge is 0.360 e. The molecule has 0 aliphatic carbocycles. The number of benzene rings is 2. The Morgan fingerprint density at radius 1 is 1.17 bits per heavy atom. The summed E-state index contributed by atoms with van der Waals surface area (Å²) in [6, 6.07) is 13.9. The first kappa shape index (κ1) is 26.3. The van der Waals surface area contributed by atoms with E-state index >= 15 is 0 Å². The zero-order chi connectivity index (χ0) is 25.7. The largest absolute Gasteiger partial charge is 0.416 e. The highest BCUT2D eigenvalue weighted by Gasteiger charge is 2.36. The molecule has 2 aromatic rings. The topological polar surface area (TPSA) is 48.5 Å². The molecular weight excluding hydrogens is 476 g/mol. The number of allylic oxidation sites excluding steroid dienone is 1. The molecule has 0 saturated heterocycles. The maximum Gasteiger partial charge on any atom is 0.416 e. The molecule has 3 N–H and O–H groups in total. The molecule has 0 radical (unpaired) electrons. The first-order valence-corrected chi connectivity index (χ1v) is 15.0. The number of rotatable bonds is 7. The lowest BCUT2D eigenvalue weighted by Gasteiger charge is -2.29. The molecule has 2 aliphatic heterocycles. The van der Waals surface area contributed by atoms with E-state index in [1.165, 1.54) is 21.8 Å². The van der Waals surface area contributed by atoms with E-state index in [1.807, 2.05) is 12.1 Å². The van der Waals surface area contributed by atoms with Crippen molar-refractivity contribution in [3.63, 3.8) is 0 Å². The molecule has 2 heterocycles. The molecule has 1 unspecified atom stereocenters. The monoisotopic (exact) mass is 508 g/mol. The van der Waals surface area contributed by atoms with Gasteiger partial charge in [0, 0.05) is 29.6 Å². The Bertz CT molecular complexity index is 1200. The van der Waals surface area contributed by atoms with Gasteiger partial charge in [-0.1, -0.05) is 73.7 Å². The third kappa shape index (κ3) is 6.12. The molecule has 0 aromatic heterocycles. The van der Waals surface area contributed by atoms with Gasteiger partial charge in [-0.25, -0.2) is 4.99 Å². The number of alkyl halides is 3. The summed E-state index contributed by atoms with van der Waals surface area (Å²) >= 11 is -1.15. The van der Waals surface area contributed by atoms with E-state index in [0.717, 1.165) is 48.8 Å². The molecule has 1 atom stereocenters. The van der Waals surface area contributed by atoms with Crippen LogP contribution in [0, 0.1) is 0 Å². The number of halogens is 3. The van der Waals surface area contributed by atoms with Crippen molar-refractivity contribution < 1.29 is 13.2 Å². The van der Waals surface area contributed by atoms with Crippen LogP contribution in [0.4, 0.5) is 13.2 Å². The van der Waals surface area contributed by atoms with E-state index in [4.69, 9.17) is 0 Å². The predicted molar refractivity (Wildman–Crippen MR) is 143 cm³/mol. The summed E-state index contributed by atoms with van der Waals surface area (Å²) in [6.07, 6.45) is 0.516. The molecule has 4 nitrogen and oxygen atoms in total. The molecule has 8 heteroatoms. The second-order valence-electron chi connectivity index (χ2n) is 9.27. The van der Waals surface area contributed by atoms with Gasteiger partial charge in [-0.3, -0.25) is 0 Å². The highest BCUT2D eigenvalue weighted by molar-refractivity contribution is 6.72.